The van der Waals surface area contributed by atoms with Crippen molar-refractivity contribution in [1.82, 2.24) is 0 Å². The Morgan fingerprint density at radius 1 is 1.06 bits per heavy atom. The van der Waals surface area contributed by atoms with E-state index in [1.807, 2.05) is 0 Å². The second-order valence-electron chi connectivity index (χ2n) is 5.43. The molecule has 2 heteroatoms. The molecule has 0 radical (unpaired) electrons. The first-order valence-electron chi connectivity index (χ1n) is 6.58. The topological polar surface area (TPSA) is 37.3 Å². The zero-order chi connectivity index (χ0) is 11.9. The zero-order valence-corrected chi connectivity index (χ0v) is 10.0. The molecule has 2 aliphatic carbocycles. The summed E-state index contributed by atoms with van der Waals surface area (Å²) in [5, 5.41) is 9.57. The van der Waals surface area contributed by atoms with Gasteiger partial charge in [-0.1, -0.05) is 31.0 Å². The summed E-state index contributed by atoms with van der Waals surface area (Å²) in [7, 11) is 0. The maximum absolute atomic E-state index is 11.6. The van der Waals surface area contributed by atoms with Crippen LogP contribution in [-0.4, -0.2) is 11.1 Å². The van der Waals surface area contributed by atoms with E-state index in [4.69, 9.17) is 0 Å². The van der Waals surface area contributed by atoms with Crippen LogP contribution >= 0.6 is 0 Å². The highest BCUT2D eigenvalue weighted by atomic mass is 16.4. The van der Waals surface area contributed by atoms with Crippen LogP contribution in [-0.2, 0) is 23.1 Å². The van der Waals surface area contributed by atoms with Crippen LogP contribution in [0.1, 0.15) is 48.8 Å². The highest BCUT2D eigenvalue weighted by Crippen LogP contribution is 2.42. The number of fused-ring (bicyclic) bond motifs is 1. The van der Waals surface area contributed by atoms with E-state index >= 15 is 0 Å². The van der Waals surface area contributed by atoms with Crippen LogP contribution in [0.15, 0.2) is 18.2 Å². The van der Waals surface area contributed by atoms with Crippen molar-refractivity contribution in [2.45, 2.75) is 50.4 Å². The van der Waals surface area contributed by atoms with Crippen molar-refractivity contribution in [3.8, 4) is 0 Å². The fourth-order valence-electron chi connectivity index (χ4n) is 3.47. The normalized spacial score (nSPS) is 21.4. The second-order valence-corrected chi connectivity index (χ2v) is 5.43. The molecule has 17 heavy (non-hydrogen) atoms. The van der Waals surface area contributed by atoms with Gasteiger partial charge in [-0.2, -0.15) is 0 Å². The van der Waals surface area contributed by atoms with Crippen molar-refractivity contribution in [3.05, 3.63) is 34.9 Å². The minimum absolute atomic E-state index is 0.586. The van der Waals surface area contributed by atoms with Gasteiger partial charge in [-0.3, -0.25) is 4.79 Å². The number of rotatable bonds is 2. The number of carboxylic acid groups (broad SMARTS) is 1. The van der Waals surface area contributed by atoms with Gasteiger partial charge in [-0.15, -0.1) is 0 Å². The minimum atomic E-state index is -0.632. The smallest absolute Gasteiger partial charge is 0.314 e. The van der Waals surface area contributed by atoms with Crippen molar-refractivity contribution in [2.24, 2.45) is 0 Å². The first kappa shape index (κ1) is 10.8. The van der Waals surface area contributed by atoms with Crippen molar-refractivity contribution < 1.29 is 9.90 Å². The van der Waals surface area contributed by atoms with Gasteiger partial charge in [0.2, 0.25) is 0 Å². The minimum Gasteiger partial charge on any atom is -0.481 e. The van der Waals surface area contributed by atoms with E-state index in [0.717, 1.165) is 44.1 Å². The maximum Gasteiger partial charge on any atom is 0.314 e. The van der Waals surface area contributed by atoms with E-state index in [9.17, 15) is 9.90 Å². The summed E-state index contributed by atoms with van der Waals surface area (Å²) in [6.07, 6.45) is 7.21. The predicted molar refractivity (Wildman–Crippen MR) is 66.2 cm³/mol. The average Bonchev–Trinajstić information content (AvgIpc) is 2.97. The van der Waals surface area contributed by atoms with E-state index in [0.29, 0.717) is 0 Å². The zero-order valence-electron chi connectivity index (χ0n) is 10.0. The van der Waals surface area contributed by atoms with Crippen LogP contribution in [0.5, 0.6) is 0 Å². The highest BCUT2D eigenvalue weighted by Gasteiger charge is 2.43. The highest BCUT2D eigenvalue weighted by molar-refractivity contribution is 5.82. The number of hydrogen-bond acceptors (Lipinski definition) is 1. The third-order valence-corrected chi connectivity index (χ3v) is 4.52. The van der Waals surface area contributed by atoms with Gasteiger partial charge in [0, 0.05) is 0 Å². The third kappa shape index (κ3) is 1.58. The Labute approximate surface area is 102 Å². The molecule has 0 spiro atoms. The van der Waals surface area contributed by atoms with Crippen molar-refractivity contribution >= 4 is 5.97 Å². The van der Waals surface area contributed by atoms with Crippen LogP contribution < -0.4 is 0 Å². The number of benzene rings is 1. The van der Waals surface area contributed by atoms with Gasteiger partial charge >= 0.3 is 5.97 Å². The summed E-state index contributed by atoms with van der Waals surface area (Å²) in [4.78, 5) is 11.6. The van der Waals surface area contributed by atoms with Crippen LogP contribution in [0.4, 0.5) is 0 Å². The monoisotopic (exact) mass is 230 g/mol. The second kappa shape index (κ2) is 3.86. The summed E-state index contributed by atoms with van der Waals surface area (Å²) in [5.41, 5.74) is 3.27. The SMILES string of the molecule is O=C(O)C1(c2ccc3c(c2)CCC3)CCCC1. The fraction of sp³-hybridized carbons (Fsp3) is 0.533. The Kier molecular flexibility index (Phi) is 2.46. The van der Waals surface area contributed by atoms with Gasteiger partial charge in [0.15, 0.2) is 0 Å². The average molecular weight is 230 g/mol. The first-order valence-corrected chi connectivity index (χ1v) is 6.58. The number of aryl methyl sites for hydroxylation is 2. The Balaban J connectivity index is 2.05. The molecule has 1 fully saturated rings. The van der Waals surface area contributed by atoms with E-state index in [-0.39, 0.29) is 0 Å². The summed E-state index contributed by atoms with van der Waals surface area (Å²) < 4.78 is 0. The molecular formula is C15H18O2. The Morgan fingerprint density at radius 3 is 2.47 bits per heavy atom. The molecule has 0 unspecified atom stereocenters. The van der Waals surface area contributed by atoms with E-state index in [1.54, 1.807) is 0 Å². The van der Waals surface area contributed by atoms with Crippen molar-refractivity contribution in [2.75, 3.05) is 0 Å². The van der Waals surface area contributed by atoms with Gasteiger partial charge in [0.1, 0.15) is 0 Å². The van der Waals surface area contributed by atoms with Crippen LogP contribution in [0.2, 0.25) is 0 Å². The molecule has 1 aromatic carbocycles. The molecule has 0 saturated heterocycles. The van der Waals surface area contributed by atoms with Gasteiger partial charge in [-0.25, -0.2) is 0 Å². The molecule has 0 amide bonds. The Morgan fingerprint density at radius 2 is 1.76 bits per heavy atom. The lowest BCUT2D eigenvalue weighted by Gasteiger charge is -2.25. The number of aliphatic carboxylic acids is 1. The predicted octanol–water partition coefficient (Wildman–Crippen LogP) is 3.07. The molecule has 2 nitrogen and oxygen atoms in total. The number of carboxylic acids is 1. The fourth-order valence-corrected chi connectivity index (χ4v) is 3.47. The van der Waals surface area contributed by atoms with Crippen LogP contribution in [0.25, 0.3) is 0 Å². The van der Waals surface area contributed by atoms with Gasteiger partial charge in [0.05, 0.1) is 5.41 Å². The largest absolute Gasteiger partial charge is 0.481 e. The van der Waals surface area contributed by atoms with Gasteiger partial charge in [0.25, 0.3) is 0 Å². The molecule has 0 aliphatic heterocycles. The summed E-state index contributed by atoms with van der Waals surface area (Å²) in [5.74, 6) is -0.632. The molecule has 90 valence electrons. The van der Waals surface area contributed by atoms with Crippen molar-refractivity contribution in [3.63, 3.8) is 0 Å². The van der Waals surface area contributed by atoms with Crippen LogP contribution in [0, 0.1) is 0 Å². The Bertz CT molecular complexity index is 456. The third-order valence-electron chi connectivity index (χ3n) is 4.52. The summed E-state index contributed by atoms with van der Waals surface area (Å²) >= 11 is 0. The standard InChI is InChI=1S/C15H18O2/c16-14(17)15(8-1-2-9-15)13-7-6-11-4-3-5-12(11)10-13/h6-7,10H,1-5,8-9H2,(H,16,17). The quantitative estimate of drug-likeness (QED) is 0.847. The number of carbonyl (C=O) groups is 1. The van der Waals surface area contributed by atoms with E-state index < -0.39 is 11.4 Å². The first-order chi connectivity index (χ1) is 8.22. The lowest BCUT2D eigenvalue weighted by atomic mass is 9.78. The molecule has 0 aromatic heterocycles. The summed E-state index contributed by atoms with van der Waals surface area (Å²) in [6, 6.07) is 6.38. The van der Waals surface area contributed by atoms with Gasteiger partial charge < -0.3 is 5.11 Å². The molecule has 2 aliphatic rings. The number of hydrogen-bond donors (Lipinski definition) is 1. The Hall–Kier alpha value is -1.31. The molecule has 1 aromatic rings. The molecule has 1 saturated carbocycles. The van der Waals surface area contributed by atoms with Crippen LogP contribution in [0.3, 0.4) is 0 Å². The van der Waals surface area contributed by atoms with E-state index in [2.05, 4.69) is 18.2 Å². The molecule has 0 bridgehead atoms. The molecule has 0 heterocycles. The molecule has 1 N–H and O–H groups in total. The lowest BCUT2D eigenvalue weighted by molar-refractivity contribution is -0.143. The summed E-state index contributed by atoms with van der Waals surface area (Å²) in [6.45, 7) is 0. The maximum atomic E-state index is 11.6. The molecular weight excluding hydrogens is 212 g/mol. The van der Waals surface area contributed by atoms with Crippen molar-refractivity contribution in [1.29, 1.82) is 0 Å². The lowest BCUT2D eigenvalue weighted by Crippen LogP contribution is -2.32. The molecule has 0 atom stereocenters. The van der Waals surface area contributed by atoms with Gasteiger partial charge in [-0.05, 0) is 48.8 Å². The van der Waals surface area contributed by atoms with E-state index in [1.165, 1.54) is 17.5 Å². The molecule has 3 rings (SSSR count).